The Hall–Kier alpha value is -2.26. The Bertz CT molecular complexity index is 930. The van der Waals surface area contributed by atoms with E-state index in [1.165, 1.54) is 24.0 Å². The molecule has 1 aliphatic carbocycles. The van der Waals surface area contributed by atoms with Crippen LogP contribution in [0.15, 0.2) is 40.8 Å². The van der Waals surface area contributed by atoms with Crippen LogP contribution in [0.1, 0.15) is 35.2 Å². The number of aromatic nitrogens is 1. The van der Waals surface area contributed by atoms with E-state index in [1.807, 2.05) is 32.0 Å². The zero-order chi connectivity index (χ0) is 17.4. The molecular weight excluding hydrogens is 332 g/mol. The smallest absolute Gasteiger partial charge is 0.299 e. The molecule has 25 heavy (non-hydrogen) atoms. The summed E-state index contributed by atoms with van der Waals surface area (Å²) < 4.78 is 6.05. The number of anilines is 2. The first-order valence-electron chi connectivity index (χ1n) is 8.73. The SMILES string of the molecule is Cc1cc(Cl)ccc1-c1oc(Nc2cccc3c2CCCC3)nc1C. The summed E-state index contributed by atoms with van der Waals surface area (Å²) in [6, 6.07) is 12.8. The zero-order valence-corrected chi connectivity index (χ0v) is 15.3. The molecule has 3 nitrogen and oxygen atoms in total. The molecule has 0 saturated carbocycles. The Balaban J connectivity index is 1.67. The van der Waals surface area contributed by atoms with Crippen molar-refractivity contribution in [3.63, 3.8) is 0 Å². The topological polar surface area (TPSA) is 38.1 Å². The van der Waals surface area contributed by atoms with Crippen LogP contribution >= 0.6 is 11.6 Å². The van der Waals surface area contributed by atoms with Gasteiger partial charge >= 0.3 is 0 Å². The first-order chi connectivity index (χ1) is 12.1. The van der Waals surface area contributed by atoms with Crippen molar-refractivity contribution >= 4 is 23.3 Å². The lowest BCUT2D eigenvalue weighted by Crippen LogP contribution is -2.06. The van der Waals surface area contributed by atoms with Gasteiger partial charge in [0.15, 0.2) is 5.76 Å². The highest BCUT2D eigenvalue weighted by Crippen LogP contribution is 2.34. The number of hydrogen-bond acceptors (Lipinski definition) is 3. The zero-order valence-electron chi connectivity index (χ0n) is 14.5. The third kappa shape index (κ3) is 3.16. The summed E-state index contributed by atoms with van der Waals surface area (Å²) in [5, 5.41) is 4.12. The van der Waals surface area contributed by atoms with E-state index in [4.69, 9.17) is 16.0 Å². The third-order valence-electron chi connectivity index (χ3n) is 4.87. The summed E-state index contributed by atoms with van der Waals surface area (Å²) in [5.74, 6) is 0.793. The van der Waals surface area contributed by atoms with Crippen molar-refractivity contribution in [3.05, 3.63) is 63.8 Å². The van der Waals surface area contributed by atoms with Crippen LogP contribution in [0.5, 0.6) is 0 Å². The third-order valence-corrected chi connectivity index (χ3v) is 5.10. The summed E-state index contributed by atoms with van der Waals surface area (Å²) >= 11 is 6.07. The van der Waals surface area contributed by atoms with Gasteiger partial charge in [-0.25, -0.2) is 0 Å². The van der Waals surface area contributed by atoms with Crippen LogP contribution < -0.4 is 5.32 Å². The van der Waals surface area contributed by atoms with Crippen LogP contribution in [0.25, 0.3) is 11.3 Å². The van der Waals surface area contributed by atoms with E-state index in [0.717, 1.165) is 46.1 Å². The second-order valence-electron chi connectivity index (χ2n) is 6.67. The maximum Gasteiger partial charge on any atom is 0.299 e. The summed E-state index contributed by atoms with van der Waals surface area (Å²) in [4.78, 5) is 4.58. The number of nitrogens with one attached hydrogen (secondary N) is 1. The molecule has 0 atom stereocenters. The van der Waals surface area contributed by atoms with Gasteiger partial charge in [-0.05, 0) is 80.5 Å². The summed E-state index contributed by atoms with van der Waals surface area (Å²) in [6.07, 6.45) is 4.78. The average Bonchev–Trinajstić information content (AvgIpc) is 2.95. The maximum absolute atomic E-state index is 6.07. The van der Waals surface area contributed by atoms with Gasteiger partial charge in [-0.2, -0.15) is 4.98 Å². The molecule has 128 valence electrons. The van der Waals surface area contributed by atoms with Gasteiger partial charge in [0.2, 0.25) is 0 Å². The van der Waals surface area contributed by atoms with Gasteiger partial charge in [-0.15, -0.1) is 0 Å². The van der Waals surface area contributed by atoms with E-state index >= 15 is 0 Å². The standard InChI is InChI=1S/C21H21ClN2O/c1-13-12-16(22)10-11-17(13)20-14(2)23-21(25-20)24-19-9-5-7-15-6-3-4-8-18(15)19/h5,7,9-12H,3-4,6,8H2,1-2H3,(H,23,24). The van der Waals surface area contributed by atoms with Crippen molar-refractivity contribution in [2.45, 2.75) is 39.5 Å². The number of halogens is 1. The molecule has 0 radical (unpaired) electrons. The fourth-order valence-electron chi connectivity index (χ4n) is 3.60. The number of oxazole rings is 1. The Kier molecular flexibility index (Phi) is 4.26. The van der Waals surface area contributed by atoms with Crippen LogP contribution in [0, 0.1) is 13.8 Å². The molecule has 0 amide bonds. The Morgan fingerprint density at radius 2 is 1.92 bits per heavy atom. The summed E-state index contributed by atoms with van der Waals surface area (Å²) in [6.45, 7) is 4.00. The molecule has 0 unspecified atom stereocenters. The van der Waals surface area contributed by atoms with Gasteiger partial charge in [0.05, 0.1) is 5.69 Å². The lowest BCUT2D eigenvalue weighted by atomic mass is 9.90. The van der Waals surface area contributed by atoms with Crippen LogP contribution in [0.4, 0.5) is 11.7 Å². The molecule has 1 aliphatic rings. The molecule has 0 saturated heterocycles. The van der Waals surface area contributed by atoms with Crippen molar-refractivity contribution in [2.24, 2.45) is 0 Å². The molecule has 4 rings (SSSR count). The minimum Gasteiger partial charge on any atom is -0.423 e. The molecule has 1 aromatic heterocycles. The first-order valence-corrected chi connectivity index (χ1v) is 9.11. The molecule has 4 heteroatoms. The largest absolute Gasteiger partial charge is 0.423 e. The van der Waals surface area contributed by atoms with E-state index in [2.05, 4.69) is 28.5 Å². The first kappa shape index (κ1) is 16.2. The van der Waals surface area contributed by atoms with Crippen molar-refractivity contribution in [2.75, 3.05) is 5.32 Å². The number of benzene rings is 2. The molecule has 0 aliphatic heterocycles. The maximum atomic E-state index is 6.07. The van der Waals surface area contributed by atoms with E-state index < -0.39 is 0 Å². The van der Waals surface area contributed by atoms with E-state index in [1.54, 1.807) is 0 Å². The molecule has 1 heterocycles. The predicted octanol–water partition coefficient (Wildman–Crippen LogP) is 6.23. The molecule has 1 N–H and O–H groups in total. The van der Waals surface area contributed by atoms with E-state index in [-0.39, 0.29) is 0 Å². The fraction of sp³-hybridized carbons (Fsp3) is 0.286. The van der Waals surface area contributed by atoms with Gasteiger partial charge < -0.3 is 9.73 Å². The second-order valence-corrected chi connectivity index (χ2v) is 7.10. The monoisotopic (exact) mass is 352 g/mol. The van der Waals surface area contributed by atoms with Crippen molar-refractivity contribution in [3.8, 4) is 11.3 Å². The van der Waals surface area contributed by atoms with E-state index in [9.17, 15) is 0 Å². The van der Waals surface area contributed by atoms with Crippen molar-refractivity contribution < 1.29 is 4.42 Å². The van der Waals surface area contributed by atoms with Gasteiger partial charge in [-0.1, -0.05) is 23.7 Å². The highest BCUT2D eigenvalue weighted by atomic mass is 35.5. The Morgan fingerprint density at radius 1 is 1.08 bits per heavy atom. The predicted molar refractivity (Wildman–Crippen MR) is 103 cm³/mol. The molecule has 0 fully saturated rings. The molecule has 0 spiro atoms. The Labute approximate surface area is 153 Å². The summed E-state index contributed by atoms with van der Waals surface area (Å²) in [7, 11) is 0. The summed E-state index contributed by atoms with van der Waals surface area (Å²) in [5.41, 5.74) is 6.92. The van der Waals surface area contributed by atoms with Crippen LogP contribution in [0.3, 0.4) is 0 Å². The van der Waals surface area contributed by atoms with Crippen LogP contribution in [-0.2, 0) is 12.8 Å². The van der Waals surface area contributed by atoms with Crippen LogP contribution in [0.2, 0.25) is 5.02 Å². The number of nitrogens with zero attached hydrogens (tertiary/aromatic N) is 1. The molecule has 3 aromatic rings. The van der Waals surface area contributed by atoms with E-state index in [0.29, 0.717) is 6.01 Å². The number of aryl methyl sites for hydroxylation is 3. The normalized spacial score (nSPS) is 13.6. The van der Waals surface area contributed by atoms with Gasteiger partial charge in [0.1, 0.15) is 0 Å². The lowest BCUT2D eigenvalue weighted by molar-refractivity contribution is 0.590. The highest BCUT2D eigenvalue weighted by Gasteiger charge is 2.17. The average molecular weight is 353 g/mol. The molecule has 2 aromatic carbocycles. The Morgan fingerprint density at radius 3 is 2.76 bits per heavy atom. The van der Waals surface area contributed by atoms with Gasteiger partial charge in [0.25, 0.3) is 6.01 Å². The minimum atomic E-state index is 0.542. The number of rotatable bonds is 3. The number of hydrogen-bond donors (Lipinski definition) is 1. The van der Waals surface area contributed by atoms with Crippen molar-refractivity contribution in [1.82, 2.24) is 4.98 Å². The number of fused-ring (bicyclic) bond motifs is 1. The van der Waals surface area contributed by atoms with Gasteiger partial charge in [0, 0.05) is 16.3 Å². The fourth-order valence-corrected chi connectivity index (χ4v) is 3.82. The molecular formula is C21H21ClN2O. The second kappa shape index (κ2) is 6.57. The highest BCUT2D eigenvalue weighted by molar-refractivity contribution is 6.30. The minimum absolute atomic E-state index is 0.542. The van der Waals surface area contributed by atoms with Gasteiger partial charge in [-0.3, -0.25) is 0 Å². The molecule has 0 bridgehead atoms. The van der Waals surface area contributed by atoms with Crippen LogP contribution in [-0.4, -0.2) is 4.98 Å². The van der Waals surface area contributed by atoms with Crippen molar-refractivity contribution in [1.29, 1.82) is 0 Å². The lowest BCUT2D eigenvalue weighted by Gasteiger charge is -2.19. The quantitative estimate of drug-likeness (QED) is 0.606.